The minimum atomic E-state index is -4.79. The fourth-order valence-corrected chi connectivity index (χ4v) is 2.83. The molecule has 1 amide bonds. The number of aliphatic hydroxyl groups is 2. The monoisotopic (exact) mass is 393 g/mol. The third-order valence-corrected chi connectivity index (χ3v) is 4.21. The van der Waals surface area contributed by atoms with Crippen molar-refractivity contribution in [3.63, 3.8) is 0 Å². The largest absolute Gasteiger partial charge is 0.469 e. The van der Waals surface area contributed by atoms with Crippen molar-refractivity contribution >= 4 is 19.5 Å². The first-order valence-corrected chi connectivity index (χ1v) is 9.17. The maximum absolute atomic E-state index is 12.2. The molecular formula is C13H20N3O9P. The fourth-order valence-electron chi connectivity index (χ4n) is 2.49. The lowest BCUT2D eigenvalue weighted by Crippen LogP contribution is -2.36. The highest BCUT2D eigenvalue weighted by Crippen LogP contribution is 2.38. The average Bonchev–Trinajstić information content (AvgIpc) is 2.80. The molecule has 5 N–H and O–H groups in total. The predicted octanol–water partition coefficient (Wildman–Crippen LogP) is -1.51. The number of ether oxygens (including phenoxy) is 1. The minimum Gasteiger partial charge on any atom is -0.387 e. The Balaban J connectivity index is 2.28. The molecular weight excluding hydrogens is 373 g/mol. The summed E-state index contributed by atoms with van der Waals surface area (Å²) in [6.07, 6.45) is -3.98. The van der Waals surface area contributed by atoms with E-state index in [-0.39, 0.29) is 5.82 Å². The van der Waals surface area contributed by atoms with Crippen LogP contribution in [0.4, 0.5) is 5.82 Å². The molecule has 1 saturated heterocycles. The molecule has 0 saturated carbocycles. The minimum absolute atomic E-state index is 0.0793. The third-order valence-electron chi connectivity index (χ3n) is 3.72. The Morgan fingerprint density at radius 2 is 2.08 bits per heavy atom. The summed E-state index contributed by atoms with van der Waals surface area (Å²) in [5.41, 5.74) is -0.362. The van der Waals surface area contributed by atoms with Crippen molar-refractivity contribution in [1.29, 1.82) is 0 Å². The molecule has 146 valence electrons. The van der Waals surface area contributed by atoms with Crippen molar-refractivity contribution in [1.82, 2.24) is 9.55 Å². The van der Waals surface area contributed by atoms with Gasteiger partial charge in [0.2, 0.25) is 5.91 Å². The van der Waals surface area contributed by atoms with E-state index < -0.39 is 50.6 Å². The van der Waals surface area contributed by atoms with Gasteiger partial charge in [0.05, 0.1) is 6.61 Å². The topological polar surface area (TPSA) is 180 Å². The van der Waals surface area contributed by atoms with E-state index in [1.54, 1.807) is 6.92 Å². The molecule has 13 heteroatoms. The molecule has 1 aliphatic rings. The number of rotatable bonds is 6. The smallest absolute Gasteiger partial charge is 0.387 e. The van der Waals surface area contributed by atoms with Gasteiger partial charge in [-0.3, -0.25) is 13.9 Å². The first-order chi connectivity index (χ1) is 12.0. The van der Waals surface area contributed by atoms with Gasteiger partial charge in [-0.1, -0.05) is 6.92 Å². The summed E-state index contributed by atoms with van der Waals surface area (Å²) < 4.78 is 21.3. The van der Waals surface area contributed by atoms with Gasteiger partial charge in [0.1, 0.15) is 24.1 Å². The molecule has 0 aliphatic carbocycles. The van der Waals surface area contributed by atoms with E-state index in [2.05, 4.69) is 14.8 Å². The standard InChI is InChI=1S/C13H20N3O9P/c1-3-7-4-16(13(20)15-11(7)14-6(2)17)12-10(19)9(18)8(25-12)5-24-26(21,22)23/h4,8-10,12,18-19H,3,5H2,1-2H3,(H2,21,22,23)(H,14,15,17,20)/t8-,9-,10-,12-/m1/s1. The summed E-state index contributed by atoms with van der Waals surface area (Å²) in [5.74, 6) is -0.331. The Morgan fingerprint density at radius 1 is 1.42 bits per heavy atom. The lowest BCUT2D eigenvalue weighted by molar-refractivity contribution is -0.114. The average molecular weight is 393 g/mol. The van der Waals surface area contributed by atoms with E-state index in [1.165, 1.54) is 13.1 Å². The van der Waals surface area contributed by atoms with E-state index >= 15 is 0 Å². The number of anilines is 1. The van der Waals surface area contributed by atoms with Crippen LogP contribution in [-0.2, 0) is 25.0 Å². The molecule has 1 aliphatic heterocycles. The van der Waals surface area contributed by atoms with E-state index in [4.69, 9.17) is 14.5 Å². The zero-order valence-electron chi connectivity index (χ0n) is 14.0. The highest BCUT2D eigenvalue weighted by atomic mass is 31.2. The molecule has 4 atom stereocenters. The summed E-state index contributed by atoms with van der Waals surface area (Å²) in [6, 6.07) is 0. The lowest BCUT2D eigenvalue weighted by Gasteiger charge is -2.19. The maximum Gasteiger partial charge on any atom is 0.469 e. The van der Waals surface area contributed by atoms with E-state index in [9.17, 15) is 24.4 Å². The number of hydrogen-bond acceptors (Lipinski definition) is 8. The molecule has 2 heterocycles. The van der Waals surface area contributed by atoms with E-state index in [0.717, 1.165) is 4.57 Å². The van der Waals surface area contributed by atoms with Crippen molar-refractivity contribution in [2.45, 2.75) is 44.8 Å². The first kappa shape index (κ1) is 20.6. The normalized spacial score (nSPS) is 26.1. The molecule has 0 aromatic carbocycles. The predicted molar refractivity (Wildman–Crippen MR) is 86.1 cm³/mol. The van der Waals surface area contributed by atoms with Crippen LogP contribution in [0.5, 0.6) is 0 Å². The number of aliphatic hydroxyl groups excluding tert-OH is 2. The Bertz CT molecular complexity index is 777. The van der Waals surface area contributed by atoms with Gasteiger partial charge in [0, 0.05) is 18.7 Å². The van der Waals surface area contributed by atoms with E-state index in [0.29, 0.717) is 12.0 Å². The number of hydrogen-bond donors (Lipinski definition) is 5. The number of amides is 1. The van der Waals surface area contributed by atoms with Crippen LogP contribution in [0.1, 0.15) is 25.6 Å². The summed E-state index contributed by atoms with van der Waals surface area (Å²) >= 11 is 0. The Labute approximate surface area is 147 Å². The number of nitrogens with one attached hydrogen (secondary N) is 1. The zero-order chi connectivity index (χ0) is 19.6. The number of aryl methyl sites for hydroxylation is 1. The van der Waals surface area contributed by atoms with Gasteiger partial charge >= 0.3 is 13.5 Å². The van der Waals surface area contributed by atoms with E-state index in [1.807, 2.05) is 0 Å². The second-order valence-electron chi connectivity index (χ2n) is 5.67. The van der Waals surface area contributed by atoms with Crippen molar-refractivity contribution in [2.24, 2.45) is 0 Å². The maximum atomic E-state index is 12.2. The Hall–Kier alpha value is -1.66. The van der Waals surface area contributed by atoms with Crippen molar-refractivity contribution in [3.8, 4) is 0 Å². The molecule has 1 aromatic rings. The van der Waals surface area contributed by atoms with Crippen LogP contribution in [0.15, 0.2) is 11.0 Å². The van der Waals surface area contributed by atoms with Crippen LogP contribution in [-0.4, -0.2) is 60.4 Å². The zero-order valence-corrected chi connectivity index (χ0v) is 14.9. The highest BCUT2D eigenvalue weighted by molar-refractivity contribution is 7.46. The molecule has 0 spiro atoms. The number of phosphoric ester groups is 1. The molecule has 26 heavy (non-hydrogen) atoms. The van der Waals surface area contributed by atoms with Gasteiger partial charge in [-0.05, 0) is 6.42 Å². The van der Waals surface area contributed by atoms with Gasteiger partial charge in [0.25, 0.3) is 0 Å². The fraction of sp³-hybridized carbons (Fsp3) is 0.615. The molecule has 1 aromatic heterocycles. The van der Waals surface area contributed by atoms with Crippen LogP contribution in [0.3, 0.4) is 0 Å². The van der Waals surface area contributed by atoms with Crippen LogP contribution in [0, 0.1) is 0 Å². The van der Waals surface area contributed by atoms with Crippen LogP contribution < -0.4 is 11.0 Å². The number of carbonyl (C=O) groups is 1. The van der Waals surface area contributed by atoms with Gasteiger partial charge < -0.3 is 30.1 Å². The van der Waals surface area contributed by atoms with Crippen molar-refractivity contribution < 1.29 is 38.6 Å². The summed E-state index contributed by atoms with van der Waals surface area (Å²) in [5, 5.41) is 22.5. The molecule has 0 bridgehead atoms. The number of carbonyl (C=O) groups excluding carboxylic acids is 1. The summed E-state index contributed by atoms with van der Waals surface area (Å²) in [4.78, 5) is 44.6. The molecule has 1 fully saturated rings. The number of nitrogens with zero attached hydrogens (tertiary/aromatic N) is 2. The second-order valence-corrected chi connectivity index (χ2v) is 6.91. The first-order valence-electron chi connectivity index (χ1n) is 7.64. The van der Waals surface area contributed by atoms with Gasteiger partial charge in [-0.2, -0.15) is 4.98 Å². The molecule has 12 nitrogen and oxygen atoms in total. The van der Waals surface area contributed by atoms with Crippen LogP contribution >= 0.6 is 7.82 Å². The number of aromatic nitrogens is 2. The number of phosphoric acid groups is 1. The van der Waals surface area contributed by atoms with Crippen molar-refractivity contribution in [3.05, 3.63) is 22.2 Å². The lowest BCUT2D eigenvalue weighted by atomic mass is 10.1. The summed E-state index contributed by atoms with van der Waals surface area (Å²) in [6.45, 7) is 2.33. The van der Waals surface area contributed by atoms with Crippen LogP contribution in [0.2, 0.25) is 0 Å². The van der Waals surface area contributed by atoms with Crippen LogP contribution in [0.25, 0.3) is 0 Å². The summed E-state index contributed by atoms with van der Waals surface area (Å²) in [7, 11) is -4.79. The second kappa shape index (κ2) is 7.92. The molecule has 0 unspecified atom stereocenters. The highest BCUT2D eigenvalue weighted by Gasteiger charge is 2.45. The van der Waals surface area contributed by atoms with Crippen molar-refractivity contribution in [2.75, 3.05) is 11.9 Å². The quantitative estimate of drug-likeness (QED) is 0.357. The molecule has 2 rings (SSSR count). The Morgan fingerprint density at radius 3 is 2.62 bits per heavy atom. The van der Waals surface area contributed by atoms with Gasteiger partial charge in [0.15, 0.2) is 6.23 Å². The van der Waals surface area contributed by atoms with Gasteiger partial charge in [-0.15, -0.1) is 0 Å². The Kier molecular flexibility index (Phi) is 6.29. The molecule has 0 radical (unpaired) electrons. The van der Waals surface area contributed by atoms with Gasteiger partial charge in [-0.25, -0.2) is 9.36 Å². The third kappa shape index (κ3) is 4.74. The SMILES string of the molecule is CCc1cn([C@@H]2O[C@H](COP(=O)(O)O)[C@@H](O)[C@H]2O)c(=O)nc1NC(C)=O.